The fraction of sp³-hybridized carbons (Fsp3) is 0.526. The number of carbonyl (C=O) groups excluding carboxylic acids is 1. The first-order valence-electron chi connectivity index (χ1n) is 9.08. The third kappa shape index (κ3) is 4.38. The Labute approximate surface area is 158 Å². The summed E-state index contributed by atoms with van der Waals surface area (Å²) in [7, 11) is 0. The third-order valence-electron chi connectivity index (χ3n) is 4.73. The van der Waals surface area contributed by atoms with Gasteiger partial charge in [0.1, 0.15) is 0 Å². The van der Waals surface area contributed by atoms with Gasteiger partial charge >= 0.3 is 0 Å². The molecule has 3 N–H and O–H groups in total. The Hall–Kier alpha value is -2.02. The van der Waals surface area contributed by atoms with Crippen molar-refractivity contribution in [3.63, 3.8) is 0 Å². The van der Waals surface area contributed by atoms with Crippen LogP contribution in [0, 0.1) is 0 Å². The predicted octanol–water partition coefficient (Wildman–Crippen LogP) is 3.11. The zero-order valence-corrected chi connectivity index (χ0v) is 16.5. The minimum Gasteiger partial charge on any atom is -0.353 e. The highest BCUT2D eigenvalue weighted by Gasteiger charge is 2.19. The van der Waals surface area contributed by atoms with Crippen LogP contribution in [0.15, 0.2) is 29.4 Å². The van der Waals surface area contributed by atoms with Crippen LogP contribution < -0.4 is 11.2 Å². The number of thioether (sulfide) groups is 1. The molecule has 0 spiro atoms. The Morgan fingerprint density at radius 1 is 1.23 bits per heavy atom. The lowest BCUT2D eigenvalue weighted by molar-refractivity contribution is -0.119. The van der Waals surface area contributed by atoms with Crippen molar-refractivity contribution < 1.29 is 4.79 Å². The number of nitrogen functional groups attached to an aromatic ring is 1. The van der Waals surface area contributed by atoms with Crippen molar-refractivity contribution in [1.29, 1.82) is 0 Å². The van der Waals surface area contributed by atoms with Gasteiger partial charge in [-0.3, -0.25) is 4.79 Å². The lowest BCUT2D eigenvalue weighted by Gasteiger charge is -2.19. The molecule has 3 rings (SSSR count). The molecule has 1 heterocycles. The van der Waals surface area contributed by atoms with E-state index >= 15 is 0 Å². The molecule has 0 unspecified atom stereocenters. The summed E-state index contributed by atoms with van der Waals surface area (Å²) in [6.07, 6.45) is 4.57. The van der Waals surface area contributed by atoms with Gasteiger partial charge in [-0.25, -0.2) is 4.68 Å². The number of hydrogen-bond acceptors (Lipinski definition) is 5. The van der Waals surface area contributed by atoms with Crippen LogP contribution in [0.1, 0.15) is 52.0 Å². The molecule has 1 aliphatic carbocycles. The molecule has 0 bridgehead atoms. The van der Waals surface area contributed by atoms with E-state index in [1.54, 1.807) is 0 Å². The molecule has 7 heteroatoms. The second-order valence-electron chi connectivity index (χ2n) is 7.84. The van der Waals surface area contributed by atoms with Gasteiger partial charge in [-0.1, -0.05) is 69.6 Å². The van der Waals surface area contributed by atoms with E-state index in [0.717, 1.165) is 18.4 Å². The summed E-state index contributed by atoms with van der Waals surface area (Å²) < 4.78 is 1.46. The van der Waals surface area contributed by atoms with Gasteiger partial charge in [-0.2, -0.15) is 0 Å². The van der Waals surface area contributed by atoms with Crippen molar-refractivity contribution in [3.05, 3.63) is 29.8 Å². The van der Waals surface area contributed by atoms with Gasteiger partial charge < -0.3 is 11.2 Å². The van der Waals surface area contributed by atoms with Crippen LogP contribution in [-0.2, 0) is 10.2 Å². The van der Waals surface area contributed by atoms with Crippen molar-refractivity contribution in [2.75, 3.05) is 11.6 Å². The third-order valence-corrected chi connectivity index (χ3v) is 5.67. The first-order valence-corrected chi connectivity index (χ1v) is 10.1. The fourth-order valence-electron chi connectivity index (χ4n) is 3.16. The molecule has 140 valence electrons. The molecule has 2 aromatic rings. The Morgan fingerprint density at radius 3 is 2.50 bits per heavy atom. The summed E-state index contributed by atoms with van der Waals surface area (Å²) in [4.78, 5) is 12.1. The maximum Gasteiger partial charge on any atom is 0.230 e. The van der Waals surface area contributed by atoms with Crippen LogP contribution in [0.25, 0.3) is 11.4 Å². The van der Waals surface area contributed by atoms with Crippen LogP contribution in [0.4, 0.5) is 0 Å². The molecule has 1 saturated carbocycles. The summed E-state index contributed by atoms with van der Waals surface area (Å²) >= 11 is 1.31. The summed E-state index contributed by atoms with van der Waals surface area (Å²) in [6.45, 7) is 6.54. The smallest absolute Gasteiger partial charge is 0.230 e. The minimum absolute atomic E-state index is 0.0287. The first kappa shape index (κ1) is 18.8. The van der Waals surface area contributed by atoms with Crippen molar-refractivity contribution >= 4 is 17.7 Å². The molecule has 0 atom stereocenters. The quantitative estimate of drug-likeness (QED) is 0.621. The first-order chi connectivity index (χ1) is 12.3. The highest BCUT2D eigenvalue weighted by Crippen LogP contribution is 2.26. The van der Waals surface area contributed by atoms with E-state index < -0.39 is 0 Å². The average molecular weight is 374 g/mol. The van der Waals surface area contributed by atoms with Crippen molar-refractivity contribution in [2.45, 2.75) is 63.1 Å². The lowest BCUT2D eigenvalue weighted by atomic mass is 9.87. The summed E-state index contributed by atoms with van der Waals surface area (Å²) in [5.74, 6) is 7.08. The largest absolute Gasteiger partial charge is 0.353 e. The summed E-state index contributed by atoms with van der Waals surface area (Å²) in [5, 5.41) is 11.9. The van der Waals surface area contributed by atoms with Crippen LogP contribution in [0.5, 0.6) is 0 Å². The minimum atomic E-state index is 0.0287. The number of carbonyl (C=O) groups is 1. The Kier molecular flexibility index (Phi) is 5.55. The summed E-state index contributed by atoms with van der Waals surface area (Å²) in [5.41, 5.74) is 2.26. The number of aromatic nitrogens is 3. The zero-order chi connectivity index (χ0) is 18.7. The van der Waals surface area contributed by atoms with Gasteiger partial charge in [-0.05, 0) is 23.8 Å². The number of amides is 1. The standard InChI is InChI=1S/C19H27N5OS/c1-19(2,3)14-10-8-13(9-11-14)17-22-23-18(24(17)20)26-12-16(25)21-15-6-4-5-7-15/h8-11,15H,4-7,12,20H2,1-3H3,(H,21,25). The number of nitrogens with zero attached hydrogens (tertiary/aromatic N) is 3. The Bertz CT molecular complexity index is 757. The number of nitrogens with one attached hydrogen (secondary N) is 1. The monoisotopic (exact) mass is 373 g/mol. The number of nitrogens with two attached hydrogens (primary N) is 1. The van der Waals surface area contributed by atoms with Gasteiger partial charge in [0.25, 0.3) is 0 Å². The van der Waals surface area contributed by atoms with Gasteiger partial charge in [0, 0.05) is 11.6 Å². The van der Waals surface area contributed by atoms with Crippen molar-refractivity contribution in [3.8, 4) is 11.4 Å². The second-order valence-corrected chi connectivity index (χ2v) is 8.78. The van der Waals surface area contributed by atoms with E-state index in [0.29, 0.717) is 22.8 Å². The number of benzene rings is 1. The van der Waals surface area contributed by atoms with Crippen LogP contribution >= 0.6 is 11.8 Å². The molecular weight excluding hydrogens is 346 g/mol. The summed E-state index contributed by atoms with van der Waals surface area (Å²) in [6, 6.07) is 8.53. The molecule has 1 amide bonds. The van der Waals surface area contributed by atoms with E-state index in [4.69, 9.17) is 5.84 Å². The van der Waals surface area contributed by atoms with Crippen LogP contribution in [-0.4, -0.2) is 32.6 Å². The molecule has 1 fully saturated rings. The fourth-order valence-corrected chi connectivity index (χ4v) is 3.83. The highest BCUT2D eigenvalue weighted by molar-refractivity contribution is 7.99. The molecule has 6 nitrogen and oxygen atoms in total. The van der Waals surface area contributed by atoms with E-state index in [9.17, 15) is 4.79 Å². The average Bonchev–Trinajstić information content (AvgIpc) is 3.22. The molecule has 0 radical (unpaired) electrons. The number of rotatable bonds is 5. The van der Waals surface area contributed by atoms with E-state index in [1.807, 2.05) is 12.1 Å². The molecule has 1 aromatic heterocycles. The predicted molar refractivity (Wildman–Crippen MR) is 105 cm³/mol. The maximum absolute atomic E-state index is 12.1. The Balaban J connectivity index is 1.63. The number of hydrogen-bond donors (Lipinski definition) is 2. The molecular formula is C19H27N5OS. The molecule has 0 saturated heterocycles. The maximum atomic E-state index is 12.1. The van der Waals surface area contributed by atoms with Gasteiger partial charge in [0.05, 0.1) is 5.75 Å². The van der Waals surface area contributed by atoms with Crippen molar-refractivity contribution in [2.24, 2.45) is 0 Å². The second kappa shape index (κ2) is 7.70. The Morgan fingerprint density at radius 2 is 1.88 bits per heavy atom. The highest BCUT2D eigenvalue weighted by atomic mass is 32.2. The topological polar surface area (TPSA) is 85.8 Å². The normalized spacial score (nSPS) is 15.3. The molecule has 1 aromatic carbocycles. The van der Waals surface area contributed by atoms with Crippen LogP contribution in [0.2, 0.25) is 0 Å². The zero-order valence-electron chi connectivity index (χ0n) is 15.7. The molecule has 0 aliphatic heterocycles. The molecule has 26 heavy (non-hydrogen) atoms. The van der Waals surface area contributed by atoms with Crippen molar-refractivity contribution in [1.82, 2.24) is 20.2 Å². The SMILES string of the molecule is CC(C)(C)c1ccc(-c2nnc(SCC(=O)NC3CCCC3)n2N)cc1. The van der Waals surface area contributed by atoms with Gasteiger partial charge in [0.2, 0.25) is 11.1 Å². The van der Waals surface area contributed by atoms with Gasteiger partial charge in [0.15, 0.2) is 5.82 Å². The van der Waals surface area contributed by atoms with Gasteiger partial charge in [-0.15, -0.1) is 10.2 Å². The van der Waals surface area contributed by atoms with E-state index in [-0.39, 0.29) is 11.3 Å². The van der Waals surface area contributed by atoms with Crippen LogP contribution in [0.3, 0.4) is 0 Å². The van der Waals surface area contributed by atoms with E-state index in [1.165, 1.54) is 34.8 Å². The van der Waals surface area contributed by atoms with E-state index in [2.05, 4.69) is 48.4 Å². The lowest BCUT2D eigenvalue weighted by Crippen LogP contribution is -2.34. The molecule has 1 aliphatic rings.